The third-order valence-electron chi connectivity index (χ3n) is 4.74. The Balaban J connectivity index is 2.03. The van der Waals surface area contributed by atoms with Crippen LogP contribution in [0.15, 0.2) is 0 Å². The molecule has 3 nitrogen and oxygen atoms in total. The number of hydrogen-bond acceptors (Lipinski definition) is 3. The quantitative estimate of drug-likeness (QED) is 0.812. The van der Waals surface area contributed by atoms with Gasteiger partial charge < -0.3 is 10.1 Å². The maximum Gasteiger partial charge on any atom is 0.0622 e. The highest BCUT2D eigenvalue weighted by Crippen LogP contribution is 2.40. The van der Waals surface area contributed by atoms with E-state index in [4.69, 9.17) is 4.74 Å². The molecule has 100 valence electrons. The zero-order valence-corrected chi connectivity index (χ0v) is 11.8. The molecular weight excluding hydrogens is 212 g/mol. The highest BCUT2D eigenvalue weighted by Gasteiger charge is 2.44. The van der Waals surface area contributed by atoms with Crippen LogP contribution < -0.4 is 5.32 Å². The van der Waals surface area contributed by atoms with Crippen LogP contribution in [0.3, 0.4) is 0 Å². The van der Waals surface area contributed by atoms with E-state index >= 15 is 0 Å². The van der Waals surface area contributed by atoms with Crippen LogP contribution in [0.25, 0.3) is 0 Å². The lowest BCUT2D eigenvalue weighted by Gasteiger charge is -2.38. The van der Waals surface area contributed by atoms with Crippen LogP contribution in [-0.4, -0.2) is 49.8 Å². The van der Waals surface area contributed by atoms with Crippen molar-refractivity contribution in [2.45, 2.75) is 58.2 Å². The third kappa shape index (κ3) is 2.67. The zero-order valence-electron chi connectivity index (χ0n) is 11.8. The second kappa shape index (κ2) is 5.25. The predicted octanol–water partition coefficient (Wildman–Crippen LogP) is 1.87. The van der Waals surface area contributed by atoms with Crippen LogP contribution in [0, 0.1) is 5.41 Å². The lowest BCUT2D eigenvalue weighted by Crippen LogP contribution is -2.53. The molecule has 2 fully saturated rings. The van der Waals surface area contributed by atoms with Gasteiger partial charge in [0.05, 0.1) is 6.61 Å². The molecule has 0 aromatic heterocycles. The summed E-state index contributed by atoms with van der Waals surface area (Å²) in [5, 5.41) is 3.71. The second-order valence-electron chi connectivity index (χ2n) is 6.31. The summed E-state index contributed by atoms with van der Waals surface area (Å²) in [6.45, 7) is 9.95. The largest absolute Gasteiger partial charge is 0.380 e. The molecule has 1 N–H and O–H groups in total. The lowest BCUT2D eigenvalue weighted by atomic mass is 9.86. The van der Waals surface area contributed by atoms with Gasteiger partial charge in [0.25, 0.3) is 0 Å². The van der Waals surface area contributed by atoms with Crippen LogP contribution in [0.2, 0.25) is 0 Å². The van der Waals surface area contributed by atoms with E-state index in [-0.39, 0.29) is 0 Å². The van der Waals surface area contributed by atoms with Gasteiger partial charge in [-0.15, -0.1) is 0 Å². The van der Waals surface area contributed by atoms with Crippen molar-refractivity contribution in [3.05, 3.63) is 0 Å². The average molecular weight is 240 g/mol. The third-order valence-corrected chi connectivity index (χ3v) is 4.74. The highest BCUT2D eigenvalue weighted by molar-refractivity contribution is 5.01. The molecule has 0 aromatic carbocycles. The van der Waals surface area contributed by atoms with Crippen LogP contribution in [0.5, 0.6) is 0 Å². The van der Waals surface area contributed by atoms with Gasteiger partial charge >= 0.3 is 0 Å². The average Bonchev–Trinajstić information content (AvgIpc) is 2.88. The topological polar surface area (TPSA) is 24.5 Å². The second-order valence-corrected chi connectivity index (χ2v) is 6.31. The molecule has 1 aliphatic carbocycles. The van der Waals surface area contributed by atoms with Gasteiger partial charge in [0.1, 0.15) is 0 Å². The van der Waals surface area contributed by atoms with Gasteiger partial charge in [-0.2, -0.15) is 0 Å². The molecule has 3 unspecified atom stereocenters. The van der Waals surface area contributed by atoms with Crippen LogP contribution in [0.1, 0.15) is 40.0 Å². The molecule has 2 aliphatic rings. The number of rotatable bonds is 4. The molecule has 17 heavy (non-hydrogen) atoms. The van der Waals surface area contributed by atoms with Crippen molar-refractivity contribution in [3.63, 3.8) is 0 Å². The van der Waals surface area contributed by atoms with E-state index in [1.807, 2.05) is 0 Å². The van der Waals surface area contributed by atoms with Gasteiger partial charge in [-0.05, 0) is 38.3 Å². The van der Waals surface area contributed by atoms with E-state index in [0.29, 0.717) is 23.5 Å². The molecule has 0 bridgehead atoms. The Morgan fingerprint density at radius 3 is 2.71 bits per heavy atom. The van der Waals surface area contributed by atoms with Gasteiger partial charge in [0, 0.05) is 24.7 Å². The molecule has 3 heteroatoms. The minimum atomic E-state index is 0.425. The summed E-state index contributed by atoms with van der Waals surface area (Å²) >= 11 is 0. The smallest absolute Gasteiger partial charge is 0.0622 e. The van der Waals surface area contributed by atoms with Crippen molar-refractivity contribution in [3.8, 4) is 0 Å². The SMILES string of the molecule is CCNC1C(N(C)C2CCOC2)CCC1(C)C. The number of hydrogen-bond donors (Lipinski definition) is 1. The first-order chi connectivity index (χ1) is 8.06. The minimum absolute atomic E-state index is 0.425. The number of likely N-dealkylation sites (N-methyl/N-ethyl adjacent to an activating group) is 2. The summed E-state index contributed by atoms with van der Waals surface area (Å²) in [7, 11) is 2.29. The molecular formula is C14H28N2O. The number of ether oxygens (including phenoxy) is 1. The number of nitrogens with zero attached hydrogens (tertiary/aromatic N) is 1. The van der Waals surface area contributed by atoms with Crippen LogP contribution >= 0.6 is 0 Å². The van der Waals surface area contributed by atoms with Crippen molar-refractivity contribution in [1.82, 2.24) is 10.2 Å². The van der Waals surface area contributed by atoms with Crippen molar-refractivity contribution in [2.75, 3.05) is 26.8 Å². The summed E-state index contributed by atoms with van der Waals surface area (Å²) in [6, 6.07) is 1.94. The zero-order chi connectivity index (χ0) is 12.5. The molecule has 0 aromatic rings. The molecule has 0 radical (unpaired) electrons. The van der Waals surface area contributed by atoms with Crippen molar-refractivity contribution in [2.24, 2.45) is 5.41 Å². The van der Waals surface area contributed by atoms with Gasteiger partial charge in [-0.3, -0.25) is 4.90 Å². The van der Waals surface area contributed by atoms with Crippen molar-refractivity contribution in [1.29, 1.82) is 0 Å². The first kappa shape index (κ1) is 13.3. The highest BCUT2D eigenvalue weighted by atomic mass is 16.5. The molecule has 1 saturated carbocycles. The van der Waals surface area contributed by atoms with E-state index < -0.39 is 0 Å². The monoisotopic (exact) mass is 240 g/mol. The van der Waals surface area contributed by atoms with Gasteiger partial charge in [0.15, 0.2) is 0 Å². The molecule has 1 aliphatic heterocycles. The Bertz CT molecular complexity index is 249. The number of nitrogens with one attached hydrogen (secondary N) is 1. The summed E-state index contributed by atoms with van der Waals surface area (Å²) in [4.78, 5) is 2.58. The Kier molecular flexibility index (Phi) is 4.11. The van der Waals surface area contributed by atoms with Crippen LogP contribution in [-0.2, 0) is 4.74 Å². The van der Waals surface area contributed by atoms with E-state index in [2.05, 4.69) is 38.0 Å². The fourth-order valence-electron chi connectivity index (χ4n) is 3.55. The summed E-state index contributed by atoms with van der Waals surface area (Å²) in [5.41, 5.74) is 0.425. The Labute approximate surface area is 106 Å². The molecule has 0 spiro atoms. The first-order valence-electron chi connectivity index (χ1n) is 7.09. The van der Waals surface area contributed by atoms with Gasteiger partial charge in [-0.25, -0.2) is 0 Å². The maximum atomic E-state index is 5.52. The van der Waals surface area contributed by atoms with Gasteiger partial charge in [0.2, 0.25) is 0 Å². The maximum absolute atomic E-state index is 5.52. The van der Waals surface area contributed by atoms with Crippen molar-refractivity contribution >= 4 is 0 Å². The Morgan fingerprint density at radius 1 is 1.35 bits per heavy atom. The molecule has 3 atom stereocenters. The summed E-state index contributed by atoms with van der Waals surface area (Å²) in [6.07, 6.45) is 3.84. The molecule has 2 rings (SSSR count). The molecule has 0 amide bonds. The standard InChI is InChI=1S/C14H28N2O/c1-5-15-13-12(6-8-14(13,2)3)16(4)11-7-9-17-10-11/h11-13,15H,5-10H2,1-4H3. The van der Waals surface area contributed by atoms with E-state index in [1.165, 1.54) is 19.3 Å². The van der Waals surface area contributed by atoms with E-state index in [1.54, 1.807) is 0 Å². The first-order valence-corrected chi connectivity index (χ1v) is 7.09. The molecule has 1 heterocycles. The minimum Gasteiger partial charge on any atom is -0.380 e. The summed E-state index contributed by atoms with van der Waals surface area (Å²) < 4.78 is 5.52. The van der Waals surface area contributed by atoms with Crippen LogP contribution in [0.4, 0.5) is 0 Å². The van der Waals surface area contributed by atoms with Crippen molar-refractivity contribution < 1.29 is 4.74 Å². The Morgan fingerprint density at radius 2 is 2.12 bits per heavy atom. The van der Waals surface area contributed by atoms with Gasteiger partial charge in [-0.1, -0.05) is 20.8 Å². The van der Waals surface area contributed by atoms with E-state index in [9.17, 15) is 0 Å². The lowest BCUT2D eigenvalue weighted by molar-refractivity contribution is 0.109. The predicted molar refractivity (Wildman–Crippen MR) is 71.3 cm³/mol. The normalized spacial score (nSPS) is 36.9. The van der Waals surface area contributed by atoms with E-state index in [0.717, 1.165) is 19.8 Å². The Hall–Kier alpha value is -0.120. The summed E-state index contributed by atoms with van der Waals surface area (Å²) in [5.74, 6) is 0. The fourth-order valence-corrected chi connectivity index (χ4v) is 3.55. The molecule has 1 saturated heterocycles. The fraction of sp³-hybridized carbons (Fsp3) is 1.00.